The van der Waals surface area contributed by atoms with Gasteiger partial charge in [0.25, 0.3) is 0 Å². The number of hydrogen-bond donors (Lipinski definition) is 0. The lowest BCUT2D eigenvalue weighted by atomic mass is 9.68. The molecule has 3 aliphatic carbocycles. The Hall–Kier alpha value is -4.92. The lowest BCUT2D eigenvalue weighted by molar-refractivity contribution is 0.414. The molecule has 1 spiro atoms. The van der Waals surface area contributed by atoms with Crippen LogP contribution < -0.4 is 0 Å². The van der Waals surface area contributed by atoms with Crippen LogP contribution in [0, 0.1) is 13.8 Å². The monoisotopic (exact) mass is 692 g/mol. The molecule has 5 aromatic carbocycles. The van der Waals surface area contributed by atoms with Crippen LogP contribution in [0.2, 0.25) is 0 Å². The van der Waals surface area contributed by atoms with Crippen molar-refractivity contribution < 1.29 is 4.42 Å². The van der Waals surface area contributed by atoms with Gasteiger partial charge in [-0.2, -0.15) is 0 Å². The molecule has 0 N–H and O–H groups in total. The van der Waals surface area contributed by atoms with Gasteiger partial charge in [0, 0.05) is 20.7 Å². The van der Waals surface area contributed by atoms with E-state index in [0.717, 1.165) is 18.6 Å². The molecular formula is C50H44OS. The summed E-state index contributed by atoms with van der Waals surface area (Å²) < 4.78 is 5.98. The van der Waals surface area contributed by atoms with E-state index < -0.39 is 5.41 Å². The van der Waals surface area contributed by atoms with Gasteiger partial charge in [-0.25, -0.2) is 0 Å². The van der Waals surface area contributed by atoms with Crippen molar-refractivity contribution in [2.45, 2.75) is 77.0 Å². The molecule has 0 bridgehead atoms. The van der Waals surface area contributed by atoms with Crippen molar-refractivity contribution in [3.8, 4) is 55.1 Å². The second kappa shape index (κ2) is 11.8. The van der Waals surface area contributed by atoms with Crippen molar-refractivity contribution in [2.75, 3.05) is 0 Å². The highest BCUT2D eigenvalue weighted by Gasteiger charge is 2.54. The molecule has 0 saturated heterocycles. The highest BCUT2D eigenvalue weighted by molar-refractivity contribution is 7.15. The van der Waals surface area contributed by atoms with E-state index in [1.807, 2.05) is 17.4 Å². The van der Waals surface area contributed by atoms with Gasteiger partial charge in [0.2, 0.25) is 0 Å². The van der Waals surface area contributed by atoms with Crippen LogP contribution >= 0.6 is 11.3 Å². The molecule has 0 fully saturated rings. The molecule has 3 aliphatic rings. The maximum Gasteiger partial charge on any atom is 0.133 e. The van der Waals surface area contributed by atoms with E-state index in [1.54, 1.807) is 6.26 Å². The van der Waals surface area contributed by atoms with Crippen LogP contribution in [-0.2, 0) is 10.8 Å². The fourth-order valence-electron chi connectivity index (χ4n) is 10.4. The van der Waals surface area contributed by atoms with E-state index in [0.29, 0.717) is 0 Å². The predicted octanol–water partition coefficient (Wildman–Crippen LogP) is 14.3. The average molecular weight is 693 g/mol. The number of unbranched alkanes of at least 4 members (excludes halogenated alkanes) is 2. The van der Waals surface area contributed by atoms with Crippen molar-refractivity contribution in [1.29, 1.82) is 0 Å². The van der Waals surface area contributed by atoms with E-state index in [2.05, 4.69) is 137 Å². The van der Waals surface area contributed by atoms with E-state index in [9.17, 15) is 0 Å². The Morgan fingerprint density at radius 2 is 1.19 bits per heavy atom. The smallest absolute Gasteiger partial charge is 0.133 e. The molecule has 52 heavy (non-hydrogen) atoms. The maximum atomic E-state index is 5.98. The Bertz CT molecular complexity index is 2470. The molecule has 1 nitrogen and oxygen atoms in total. The molecule has 0 aliphatic heterocycles. The van der Waals surface area contributed by atoms with E-state index in [1.165, 1.54) is 119 Å². The Morgan fingerprint density at radius 1 is 0.538 bits per heavy atom. The van der Waals surface area contributed by atoms with Gasteiger partial charge < -0.3 is 4.42 Å². The highest BCUT2D eigenvalue weighted by Crippen LogP contribution is 2.66. The summed E-state index contributed by atoms with van der Waals surface area (Å²) in [5, 5.41) is 0. The van der Waals surface area contributed by atoms with Crippen LogP contribution in [0.3, 0.4) is 0 Å². The average Bonchev–Trinajstić information content (AvgIpc) is 4.00. The number of benzene rings is 5. The van der Waals surface area contributed by atoms with Gasteiger partial charge in [-0.1, -0.05) is 100 Å². The number of hydrogen-bond acceptors (Lipinski definition) is 2. The molecule has 10 rings (SSSR count). The summed E-state index contributed by atoms with van der Waals surface area (Å²) in [6.45, 7) is 9.27. The summed E-state index contributed by atoms with van der Waals surface area (Å²) >= 11 is 1.90. The van der Waals surface area contributed by atoms with Gasteiger partial charge in [-0.15, -0.1) is 11.3 Å². The third-order valence-electron chi connectivity index (χ3n) is 12.6. The third-order valence-corrected chi connectivity index (χ3v) is 13.7. The molecule has 2 heterocycles. The summed E-state index contributed by atoms with van der Waals surface area (Å²) in [5.41, 5.74) is 20.5. The van der Waals surface area contributed by atoms with Gasteiger partial charge in [0.1, 0.15) is 5.76 Å². The quantitative estimate of drug-likeness (QED) is 0.154. The first kappa shape index (κ1) is 31.8. The fraction of sp³-hybridized carbons (Fsp3) is 0.240. The van der Waals surface area contributed by atoms with Gasteiger partial charge in [0.05, 0.1) is 11.7 Å². The molecule has 2 heteroatoms. The molecule has 0 radical (unpaired) electrons. The van der Waals surface area contributed by atoms with Crippen LogP contribution in [0.15, 0.2) is 126 Å². The Kier molecular flexibility index (Phi) is 7.21. The zero-order valence-electron chi connectivity index (χ0n) is 30.6. The number of rotatable bonds is 8. The Labute approximate surface area is 312 Å². The first-order valence-electron chi connectivity index (χ1n) is 19.3. The summed E-state index contributed by atoms with van der Waals surface area (Å²) in [7, 11) is 0. The van der Waals surface area contributed by atoms with Crippen molar-refractivity contribution in [2.24, 2.45) is 0 Å². The van der Waals surface area contributed by atoms with Crippen molar-refractivity contribution >= 4 is 11.3 Å². The van der Waals surface area contributed by atoms with Gasteiger partial charge in [-0.3, -0.25) is 0 Å². The molecule has 0 amide bonds. The molecule has 0 unspecified atom stereocenters. The zero-order valence-corrected chi connectivity index (χ0v) is 31.4. The lowest BCUT2D eigenvalue weighted by Crippen LogP contribution is -2.27. The molecular weight excluding hydrogens is 649 g/mol. The van der Waals surface area contributed by atoms with Gasteiger partial charge in [0.15, 0.2) is 0 Å². The number of aryl methyl sites for hydroxylation is 2. The third kappa shape index (κ3) is 4.22. The number of furan rings is 1. The summed E-state index contributed by atoms with van der Waals surface area (Å²) in [4.78, 5) is 2.69. The van der Waals surface area contributed by atoms with Gasteiger partial charge in [-0.05, 0) is 159 Å². The minimum atomic E-state index is -0.397. The van der Waals surface area contributed by atoms with Crippen molar-refractivity contribution in [3.63, 3.8) is 0 Å². The molecule has 7 aromatic rings. The lowest BCUT2D eigenvalue weighted by Gasteiger charge is -2.34. The highest BCUT2D eigenvalue weighted by atomic mass is 32.1. The van der Waals surface area contributed by atoms with Crippen LogP contribution in [0.25, 0.3) is 55.1 Å². The minimum absolute atomic E-state index is 0.0436. The second-order valence-corrected chi connectivity index (χ2v) is 16.7. The first-order chi connectivity index (χ1) is 25.5. The molecule has 0 atom stereocenters. The van der Waals surface area contributed by atoms with E-state index in [4.69, 9.17) is 4.42 Å². The molecule has 0 saturated carbocycles. The van der Waals surface area contributed by atoms with Crippen LogP contribution in [0.5, 0.6) is 0 Å². The summed E-state index contributed by atoms with van der Waals surface area (Å²) in [5.74, 6) is 0.945. The normalized spacial score (nSPS) is 14.9. The standard InChI is InChI=1S/C50H44OS/c1-5-7-23-49(24-8-6-2)42-27-33(46-18-13-25-51-46)20-21-37(42)38-29-44-39(30-43(38)49)48-31(3)26-34(47-22-19-32(4)52-47)28-45(48)50(44)40-16-11-9-14-35(40)36-15-10-12-17-41(36)50/h9-22,25-30H,5-8,23-24H2,1-4H3. The molecule has 256 valence electrons. The van der Waals surface area contributed by atoms with Gasteiger partial charge >= 0.3 is 0 Å². The second-order valence-electron chi connectivity index (χ2n) is 15.4. The fourth-order valence-corrected chi connectivity index (χ4v) is 11.3. The topological polar surface area (TPSA) is 13.1 Å². The Balaban J connectivity index is 1.32. The van der Waals surface area contributed by atoms with Crippen molar-refractivity contribution in [3.05, 3.63) is 165 Å². The van der Waals surface area contributed by atoms with E-state index >= 15 is 0 Å². The van der Waals surface area contributed by atoms with Crippen molar-refractivity contribution in [1.82, 2.24) is 0 Å². The summed E-state index contributed by atoms with van der Waals surface area (Å²) in [6.07, 6.45) is 8.89. The number of thiophene rings is 1. The minimum Gasteiger partial charge on any atom is -0.464 e. The Morgan fingerprint density at radius 3 is 1.85 bits per heavy atom. The summed E-state index contributed by atoms with van der Waals surface area (Å²) in [6, 6.07) is 44.7. The van der Waals surface area contributed by atoms with Crippen LogP contribution in [-0.4, -0.2) is 0 Å². The first-order valence-corrected chi connectivity index (χ1v) is 20.1. The maximum absolute atomic E-state index is 5.98. The van der Waals surface area contributed by atoms with E-state index in [-0.39, 0.29) is 5.41 Å². The predicted molar refractivity (Wildman–Crippen MR) is 218 cm³/mol. The van der Waals surface area contributed by atoms with Crippen LogP contribution in [0.1, 0.15) is 96.2 Å². The number of fused-ring (bicyclic) bond motifs is 13. The zero-order chi connectivity index (χ0) is 35.2. The SMILES string of the molecule is CCCCC1(CCCC)c2cc(-c3ccco3)ccc2-c2cc3c(cc21)-c1c(C)cc(-c2ccc(C)s2)cc1C31c2ccccc2-c2ccccc21. The van der Waals surface area contributed by atoms with Crippen LogP contribution in [0.4, 0.5) is 0 Å². The molecule has 2 aromatic heterocycles. The largest absolute Gasteiger partial charge is 0.464 e.